The molecule has 1 aliphatic carbocycles. The molecule has 5 nitrogen and oxygen atoms in total. The van der Waals surface area contributed by atoms with Gasteiger partial charge >= 0.3 is 17.8 Å². The molecule has 2 rings (SSSR count). The Morgan fingerprint density at radius 3 is 2.40 bits per heavy atom. The Labute approximate surface area is 87.8 Å². The van der Waals surface area contributed by atoms with E-state index in [1.54, 1.807) is 0 Å². The molecule has 2 aliphatic rings. The SMILES string of the molecule is C[C@H]1CCCC[C@H]1N1C(=O)NC(=O)C1=O. The quantitative estimate of drug-likeness (QED) is 0.510. The fraction of sp³-hybridized carbons (Fsp3) is 0.700. The van der Waals surface area contributed by atoms with E-state index in [2.05, 4.69) is 0 Å². The van der Waals surface area contributed by atoms with E-state index in [9.17, 15) is 14.4 Å². The first-order valence-corrected chi connectivity index (χ1v) is 5.29. The van der Waals surface area contributed by atoms with Gasteiger partial charge in [-0.3, -0.25) is 19.8 Å². The summed E-state index contributed by atoms with van der Waals surface area (Å²) in [5, 5.41) is 2.03. The molecule has 2 fully saturated rings. The van der Waals surface area contributed by atoms with Gasteiger partial charge < -0.3 is 0 Å². The molecule has 2 atom stereocenters. The highest BCUT2D eigenvalue weighted by Crippen LogP contribution is 2.29. The molecule has 0 aromatic rings. The second kappa shape index (κ2) is 3.64. The molecular weight excluding hydrogens is 196 g/mol. The Kier molecular flexibility index (Phi) is 2.46. The zero-order valence-electron chi connectivity index (χ0n) is 8.66. The van der Waals surface area contributed by atoms with Gasteiger partial charge in [0, 0.05) is 6.04 Å². The number of hydrogen-bond donors (Lipinski definition) is 1. The number of hydrogen-bond acceptors (Lipinski definition) is 3. The van der Waals surface area contributed by atoms with Crippen LogP contribution >= 0.6 is 0 Å². The lowest BCUT2D eigenvalue weighted by Crippen LogP contribution is -2.45. The molecule has 0 aromatic heterocycles. The highest BCUT2D eigenvalue weighted by atomic mass is 16.2. The van der Waals surface area contributed by atoms with Crippen molar-refractivity contribution in [1.29, 1.82) is 0 Å². The molecule has 5 heteroatoms. The fourth-order valence-corrected chi connectivity index (χ4v) is 2.39. The van der Waals surface area contributed by atoms with Gasteiger partial charge in [0.2, 0.25) is 0 Å². The van der Waals surface area contributed by atoms with E-state index in [0.29, 0.717) is 5.92 Å². The van der Waals surface area contributed by atoms with Gasteiger partial charge in [-0.1, -0.05) is 19.8 Å². The topological polar surface area (TPSA) is 66.5 Å². The van der Waals surface area contributed by atoms with Crippen LogP contribution in [-0.2, 0) is 9.59 Å². The van der Waals surface area contributed by atoms with Crippen molar-refractivity contribution in [3.8, 4) is 0 Å². The average Bonchev–Trinajstić information content (AvgIpc) is 2.43. The lowest BCUT2D eigenvalue weighted by molar-refractivity contribution is -0.141. The summed E-state index contributed by atoms with van der Waals surface area (Å²) in [6, 6.07) is -0.651. The summed E-state index contributed by atoms with van der Waals surface area (Å²) in [4.78, 5) is 35.0. The normalized spacial score (nSPS) is 32.1. The van der Waals surface area contributed by atoms with Crippen LogP contribution in [0, 0.1) is 5.92 Å². The van der Waals surface area contributed by atoms with Gasteiger partial charge in [-0.2, -0.15) is 0 Å². The molecular formula is C10H14N2O3. The van der Waals surface area contributed by atoms with E-state index in [1.807, 2.05) is 12.2 Å². The van der Waals surface area contributed by atoms with Crippen molar-refractivity contribution in [2.45, 2.75) is 38.6 Å². The van der Waals surface area contributed by atoms with E-state index in [-0.39, 0.29) is 6.04 Å². The maximum Gasteiger partial charge on any atom is 0.331 e. The minimum atomic E-state index is -0.794. The van der Waals surface area contributed by atoms with Gasteiger partial charge in [0.15, 0.2) is 0 Å². The summed E-state index contributed by atoms with van der Waals surface area (Å²) in [6.45, 7) is 2.02. The molecule has 1 aliphatic heterocycles. The number of nitrogens with zero attached hydrogens (tertiary/aromatic N) is 1. The van der Waals surface area contributed by atoms with Crippen LogP contribution < -0.4 is 5.32 Å². The molecule has 1 saturated heterocycles. The maximum absolute atomic E-state index is 11.5. The van der Waals surface area contributed by atoms with Crippen molar-refractivity contribution in [3.05, 3.63) is 0 Å². The predicted octanol–water partition coefficient (Wildman–Crippen LogP) is 0.643. The van der Waals surface area contributed by atoms with Crippen LogP contribution in [0.4, 0.5) is 4.79 Å². The summed E-state index contributed by atoms with van der Waals surface area (Å²) in [7, 11) is 0. The highest BCUT2D eigenvalue weighted by Gasteiger charge is 2.43. The first-order valence-electron chi connectivity index (χ1n) is 5.29. The first kappa shape index (κ1) is 10.1. The van der Waals surface area contributed by atoms with Gasteiger partial charge in [0.1, 0.15) is 0 Å². The summed E-state index contributed by atoms with van der Waals surface area (Å²) >= 11 is 0. The number of urea groups is 1. The first-order chi connectivity index (χ1) is 7.11. The van der Waals surface area contributed by atoms with E-state index in [0.717, 1.165) is 30.6 Å². The van der Waals surface area contributed by atoms with Gasteiger partial charge in [0.25, 0.3) is 0 Å². The second-order valence-electron chi connectivity index (χ2n) is 4.26. The molecule has 15 heavy (non-hydrogen) atoms. The van der Waals surface area contributed by atoms with Crippen LogP contribution in [0.3, 0.4) is 0 Å². The minimum absolute atomic E-state index is 0.0994. The van der Waals surface area contributed by atoms with Gasteiger partial charge in [0.05, 0.1) is 0 Å². The van der Waals surface area contributed by atoms with E-state index >= 15 is 0 Å². The molecule has 0 aromatic carbocycles. The number of imide groups is 2. The number of carbonyl (C=O) groups excluding carboxylic acids is 3. The Balaban J connectivity index is 2.18. The third-order valence-electron chi connectivity index (χ3n) is 3.25. The molecule has 1 heterocycles. The van der Waals surface area contributed by atoms with Crippen molar-refractivity contribution in [2.75, 3.05) is 0 Å². The average molecular weight is 210 g/mol. The molecule has 0 bridgehead atoms. The molecule has 0 spiro atoms. The summed E-state index contributed by atoms with van der Waals surface area (Å²) in [5.74, 6) is -1.20. The Morgan fingerprint density at radius 1 is 1.20 bits per heavy atom. The van der Waals surface area contributed by atoms with Gasteiger partial charge in [-0.25, -0.2) is 4.79 Å². The highest BCUT2D eigenvalue weighted by molar-refractivity contribution is 6.44. The van der Waals surface area contributed by atoms with E-state index in [4.69, 9.17) is 0 Å². The van der Waals surface area contributed by atoms with Crippen molar-refractivity contribution in [3.63, 3.8) is 0 Å². The standard InChI is InChI=1S/C10H14N2O3/c1-6-4-2-3-5-7(6)12-9(14)8(13)11-10(12)15/h6-7H,2-5H2,1H3,(H,11,13,15)/t6-,7+/m0/s1. The monoisotopic (exact) mass is 210 g/mol. The summed E-state index contributed by atoms with van der Waals surface area (Å²) in [6.07, 6.45) is 3.97. The van der Waals surface area contributed by atoms with Crippen LogP contribution in [0.25, 0.3) is 0 Å². The van der Waals surface area contributed by atoms with Crippen molar-refractivity contribution in [2.24, 2.45) is 5.92 Å². The van der Waals surface area contributed by atoms with Crippen molar-refractivity contribution in [1.82, 2.24) is 10.2 Å². The molecule has 0 unspecified atom stereocenters. The Hall–Kier alpha value is -1.39. The fourth-order valence-electron chi connectivity index (χ4n) is 2.39. The molecule has 4 amide bonds. The van der Waals surface area contributed by atoms with E-state index in [1.165, 1.54) is 0 Å². The van der Waals surface area contributed by atoms with Crippen molar-refractivity contribution >= 4 is 17.8 Å². The van der Waals surface area contributed by atoms with Crippen LogP contribution in [0.15, 0.2) is 0 Å². The Morgan fingerprint density at radius 2 is 1.87 bits per heavy atom. The smallest absolute Gasteiger partial charge is 0.269 e. The number of carbonyl (C=O) groups is 3. The van der Waals surface area contributed by atoms with Gasteiger partial charge in [-0.05, 0) is 18.8 Å². The number of rotatable bonds is 1. The third kappa shape index (κ3) is 1.62. The largest absolute Gasteiger partial charge is 0.331 e. The third-order valence-corrected chi connectivity index (χ3v) is 3.25. The minimum Gasteiger partial charge on any atom is -0.269 e. The van der Waals surface area contributed by atoms with Crippen LogP contribution in [0.5, 0.6) is 0 Å². The predicted molar refractivity (Wildman–Crippen MR) is 51.8 cm³/mol. The summed E-state index contributed by atoms with van der Waals surface area (Å²) < 4.78 is 0. The van der Waals surface area contributed by atoms with Crippen molar-refractivity contribution < 1.29 is 14.4 Å². The molecule has 1 saturated carbocycles. The van der Waals surface area contributed by atoms with Gasteiger partial charge in [-0.15, -0.1) is 0 Å². The second-order valence-corrected chi connectivity index (χ2v) is 4.26. The summed E-state index contributed by atoms with van der Waals surface area (Å²) in [5.41, 5.74) is 0. The zero-order chi connectivity index (χ0) is 11.0. The molecule has 82 valence electrons. The van der Waals surface area contributed by atoms with E-state index < -0.39 is 17.8 Å². The van der Waals surface area contributed by atoms with Crippen LogP contribution in [-0.4, -0.2) is 28.8 Å². The number of amides is 4. The Bertz CT molecular complexity index is 327. The molecule has 0 radical (unpaired) electrons. The lowest BCUT2D eigenvalue weighted by atomic mass is 9.85. The maximum atomic E-state index is 11.5. The lowest BCUT2D eigenvalue weighted by Gasteiger charge is -2.33. The molecule has 1 N–H and O–H groups in total. The van der Waals surface area contributed by atoms with Crippen LogP contribution in [0.2, 0.25) is 0 Å². The zero-order valence-corrected chi connectivity index (χ0v) is 8.66. The van der Waals surface area contributed by atoms with Crippen LogP contribution in [0.1, 0.15) is 32.6 Å². The number of nitrogens with one attached hydrogen (secondary N) is 1.